The van der Waals surface area contributed by atoms with Crippen molar-refractivity contribution in [3.8, 4) is 0 Å². The van der Waals surface area contributed by atoms with Gasteiger partial charge in [0.05, 0.1) is 11.5 Å². The van der Waals surface area contributed by atoms with Gasteiger partial charge in [-0.05, 0) is 0 Å². The summed E-state index contributed by atoms with van der Waals surface area (Å²) < 4.78 is 35.2. The molecule has 13 heavy (non-hydrogen) atoms. The van der Waals surface area contributed by atoms with Gasteiger partial charge in [-0.1, -0.05) is 20.4 Å². The zero-order chi connectivity index (χ0) is 10.7. The highest BCUT2D eigenvalue weighted by Gasteiger charge is 2.29. The summed E-state index contributed by atoms with van der Waals surface area (Å²) in [7, 11) is 0. The Balaban J connectivity index is 3.84. The van der Waals surface area contributed by atoms with Crippen LogP contribution in [0, 0.1) is 5.41 Å². The molecule has 5 heteroatoms. The number of hydrogen-bond donors (Lipinski definition) is 1. The molecule has 0 aromatic heterocycles. The van der Waals surface area contributed by atoms with Crippen LogP contribution in [-0.2, 0) is 0 Å². The predicted octanol–water partition coefficient (Wildman–Crippen LogP) is 3.38. The summed E-state index contributed by atoms with van der Waals surface area (Å²) in [6.07, 6.45) is -4.14. The third kappa shape index (κ3) is 5.85. The average Bonchev–Trinajstić information content (AvgIpc) is 1.82. The van der Waals surface area contributed by atoms with E-state index in [9.17, 15) is 13.2 Å². The highest BCUT2D eigenvalue weighted by Crippen LogP contribution is 2.30. The van der Waals surface area contributed by atoms with Crippen molar-refractivity contribution in [2.75, 3.05) is 11.5 Å². The van der Waals surface area contributed by atoms with Crippen molar-refractivity contribution >= 4 is 11.8 Å². The lowest BCUT2D eigenvalue weighted by Crippen LogP contribution is -2.20. The van der Waals surface area contributed by atoms with E-state index in [0.717, 1.165) is 11.8 Å². The van der Waals surface area contributed by atoms with Gasteiger partial charge in [0.1, 0.15) is 0 Å². The van der Waals surface area contributed by atoms with E-state index in [2.05, 4.69) is 6.58 Å². The van der Waals surface area contributed by atoms with E-state index in [1.54, 1.807) is 13.8 Å². The Labute approximate surface area is 80.0 Å². The van der Waals surface area contributed by atoms with Crippen molar-refractivity contribution in [2.45, 2.75) is 20.0 Å². The Hall–Kier alpha value is -0.320. The zero-order valence-electron chi connectivity index (χ0n) is 7.61. The second kappa shape index (κ2) is 4.26. The molecule has 0 rings (SSSR count). The van der Waals surface area contributed by atoms with Gasteiger partial charge < -0.3 is 5.11 Å². The lowest BCUT2D eigenvalue weighted by molar-refractivity contribution is -0.105. The molecule has 0 bridgehead atoms. The van der Waals surface area contributed by atoms with E-state index < -0.39 is 17.3 Å². The van der Waals surface area contributed by atoms with Crippen molar-refractivity contribution in [1.82, 2.24) is 0 Å². The number of thioether (sulfide) groups is 1. The molecule has 1 N–H and O–H groups in total. The van der Waals surface area contributed by atoms with Gasteiger partial charge in [0.15, 0.2) is 0 Å². The van der Waals surface area contributed by atoms with Crippen LogP contribution < -0.4 is 0 Å². The first-order valence-corrected chi connectivity index (χ1v) is 4.83. The van der Waals surface area contributed by atoms with E-state index in [-0.39, 0.29) is 11.5 Å². The first kappa shape index (κ1) is 12.7. The summed E-state index contributed by atoms with van der Waals surface area (Å²) in [5.74, 6) is -0.756. The molecule has 1 nitrogen and oxygen atoms in total. The summed E-state index contributed by atoms with van der Waals surface area (Å²) >= 11 is 0.750. The number of hydrogen-bond acceptors (Lipinski definition) is 2. The van der Waals surface area contributed by atoms with Crippen LogP contribution in [-0.4, -0.2) is 22.8 Å². The molecule has 0 aliphatic heterocycles. The molecule has 0 saturated carbocycles. The van der Waals surface area contributed by atoms with Crippen molar-refractivity contribution in [3.63, 3.8) is 0 Å². The Morgan fingerprint density at radius 2 is 1.77 bits per heavy atom. The van der Waals surface area contributed by atoms with Crippen molar-refractivity contribution < 1.29 is 18.3 Å². The number of rotatable bonds is 4. The molecular formula is C8H13F3OS. The fraction of sp³-hybridized carbons (Fsp3) is 0.750. The lowest BCUT2D eigenvalue weighted by atomic mass is 9.95. The van der Waals surface area contributed by atoms with Crippen LogP contribution in [0.4, 0.5) is 13.2 Å². The largest absolute Gasteiger partial charge is 0.512 e. The van der Waals surface area contributed by atoms with Crippen LogP contribution >= 0.6 is 11.8 Å². The second-order valence-electron chi connectivity index (χ2n) is 3.44. The maximum Gasteiger partial charge on any atom is 0.397 e. The maximum absolute atomic E-state index is 11.7. The minimum atomic E-state index is -4.14. The standard InChI is InChI=1S/C8H13F3OS/c1-6(12)7(2,3)4-13-5-8(9,10)11/h12H,1,4-5H2,2-3H3. The number of halogens is 3. The highest BCUT2D eigenvalue weighted by molar-refractivity contribution is 7.99. The molecule has 78 valence electrons. The van der Waals surface area contributed by atoms with Gasteiger partial charge in [-0.3, -0.25) is 0 Å². The van der Waals surface area contributed by atoms with Gasteiger partial charge in [-0.15, -0.1) is 0 Å². The smallest absolute Gasteiger partial charge is 0.397 e. The van der Waals surface area contributed by atoms with E-state index in [4.69, 9.17) is 5.11 Å². The predicted molar refractivity (Wildman–Crippen MR) is 48.9 cm³/mol. The molecule has 0 aromatic rings. The van der Waals surface area contributed by atoms with Crippen LogP contribution in [0.15, 0.2) is 12.3 Å². The van der Waals surface area contributed by atoms with Gasteiger partial charge in [0.2, 0.25) is 0 Å². The summed E-state index contributed by atoms with van der Waals surface area (Å²) in [6, 6.07) is 0. The number of alkyl halides is 3. The van der Waals surface area contributed by atoms with Crippen LogP contribution in [0.2, 0.25) is 0 Å². The molecule has 0 aliphatic carbocycles. The van der Waals surface area contributed by atoms with E-state index in [1.165, 1.54) is 0 Å². The van der Waals surface area contributed by atoms with Crippen molar-refractivity contribution in [1.29, 1.82) is 0 Å². The van der Waals surface area contributed by atoms with Crippen molar-refractivity contribution in [2.24, 2.45) is 5.41 Å². The van der Waals surface area contributed by atoms with Crippen LogP contribution in [0.3, 0.4) is 0 Å². The van der Waals surface area contributed by atoms with Gasteiger partial charge in [0.25, 0.3) is 0 Å². The lowest BCUT2D eigenvalue weighted by Gasteiger charge is -2.22. The molecule has 0 amide bonds. The highest BCUT2D eigenvalue weighted by atomic mass is 32.2. The molecule has 0 atom stereocenters. The second-order valence-corrected chi connectivity index (χ2v) is 4.42. The fourth-order valence-corrected chi connectivity index (χ4v) is 1.52. The monoisotopic (exact) mass is 214 g/mol. The summed E-state index contributed by atoms with van der Waals surface area (Å²) in [4.78, 5) is 0. The number of aliphatic hydroxyl groups excluding tert-OH is 1. The zero-order valence-corrected chi connectivity index (χ0v) is 8.43. The summed E-state index contributed by atoms with van der Waals surface area (Å²) in [5, 5.41) is 9.02. The Kier molecular flexibility index (Phi) is 4.16. The molecule has 0 saturated heterocycles. The Morgan fingerprint density at radius 3 is 2.08 bits per heavy atom. The van der Waals surface area contributed by atoms with E-state index in [1.807, 2.05) is 0 Å². The van der Waals surface area contributed by atoms with Crippen molar-refractivity contribution in [3.05, 3.63) is 12.3 Å². The van der Waals surface area contributed by atoms with Crippen LogP contribution in [0.25, 0.3) is 0 Å². The molecule has 0 spiro atoms. The Bertz CT molecular complexity index is 186. The van der Waals surface area contributed by atoms with E-state index in [0.29, 0.717) is 0 Å². The van der Waals surface area contributed by atoms with Gasteiger partial charge in [-0.2, -0.15) is 24.9 Å². The SMILES string of the molecule is C=C(O)C(C)(C)CSCC(F)(F)F. The summed E-state index contributed by atoms with van der Waals surface area (Å²) in [5.41, 5.74) is -0.657. The Morgan fingerprint density at radius 1 is 1.31 bits per heavy atom. The number of aliphatic hydroxyl groups is 1. The van der Waals surface area contributed by atoms with Crippen LogP contribution in [0.1, 0.15) is 13.8 Å². The molecule has 0 fully saturated rings. The number of allylic oxidation sites excluding steroid dienone is 1. The molecule has 0 radical (unpaired) electrons. The normalized spacial score (nSPS) is 13.0. The molecular weight excluding hydrogens is 201 g/mol. The van der Waals surface area contributed by atoms with Gasteiger partial charge >= 0.3 is 6.18 Å². The molecule has 0 aromatic carbocycles. The third-order valence-corrected chi connectivity index (χ3v) is 2.97. The molecule has 0 unspecified atom stereocenters. The maximum atomic E-state index is 11.7. The third-order valence-electron chi connectivity index (χ3n) is 1.51. The summed E-state index contributed by atoms with van der Waals surface area (Å²) in [6.45, 7) is 6.61. The topological polar surface area (TPSA) is 20.2 Å². The molecule has 0 heterocycles. The van der Waals surface area contributed by atoms with E-state index >= 15 is 0 Å². The van der Waals surface area contributed by atoms with Crippen LogP contribution in [0.5, 0.6) is 0 Å². The fourth-order valence-electron chi connectivity index (χ4n) is 0.505. The quantitative estimate of drug-likeness (QED) is 0.724. The minimum Gasteiger partial charge on any atom is -0.512 e. The molecule has 0 aliphatic rings. The minimum absolute atomic E-state index is 0.0813. The van der Waals surface area contributed by atoms with Gasteiger partial charge in [-0.25, -0.2) is 0 Å². The van der Waals surface area contributed by atoms with Gasteiger partial charge in [0, 0.05) is 11.2 Å². The average molecular weight is 214 g/mol. The first-order chi connectivity index (χ1) is 5.65. The first-order valence-electron chi connectivity index (χ1n) is 3.68.